The van der Waals surface area contributed by atoms with Gasteiger partial charge in [0.1, 0.15) is 4.88 Å². The summed E-state index contributed by atoms with van der Waals surface area (Å²) < 4.78 is 4.95. The highest BCUT2D eigenvalue weighted by atomic mass is 35.5. The van der Waals surface area contributed by atoms with Crippen LogP contribution in [0, 0.1) is 0 Å². The fourth-order valence-electron chi connectivity index (χ4n) is 1.76. The smallest absolute Gasteiger partial charge is 0.350 e. The van der Waals surface area contributed by atoms with Crippen LogP contribution in [0.25, 0.3) is 0 Å². The molecule has 0 radical (unpaired) electrons. The van der Waals surface area contributed by atoms with Crippen molar-refractivity contribution in [3.63, 3.8) is 0 Å². The predicted octanol–water partition coefficient (Wildman–Crippen LogP) is 2.27. The molecule has 2 heterocycles. The Morgan fingerprint density at radius 2 is 2.47 bits per heavy atom. The summed E-state index contributed by atoms with van der Waals surface area (Å²) in [5, 5.41) is 1.59. The first-order valence-electron chi connectivity index (χ1n) is 5.32. The van der Waals surface area contributed by atoms with Crippen molar-refractivity contribution in [2.24, 2.45) is 0 Å². The Morgan fingerprint density at radius 1 is 1.71 bits per heavy atom. The molecule has 17 heavy (non-hydrogen) atoms. The van der Waals surface area contributed by atoms with E-state index < -0.39 is 0 Å². The van der Waals surface area contributed by atoms with Crippen molar-refractivity contribution >= 4 is 40.5 Å². The minimum absolute atomic E-state index is 0.0473. The average Bonchev–Trinajstić information content (AvgIpc) is 2.84. The monoisotopic (exact) mass is 273 g/mol. The highest BCUT2D eigenvalue weighted by molar-refractivity contribution is 7.12. The Hall–Kier alpha value is -1.07. The van der Waals surface area contributed by atoms with Gasteiger partial charge in [0.2, 0.25) is 5.91 Å². The van der Waals surface area contributed by atoms with Gasteiger partial charge in [0.15, 0.2) is 0 Å². The molecule has 1 saturated heterocycles. The van der Waals surface area contributed by atoms with E-state index >= 15 is 0 Å². The molecule has 1 aliphatic rings. The maximum absolute atomic E-state index is 11.7. The Morgan fingerprint density at radius 3 is 3.06 bits per heavy atom. The van der Waals surface area contributed by atoms with E-state index in [0.29, 0.717) is 30.1 Å². The van der Waals surface area contributed by atoms with Crippen LogP contribution in [-0.2, 0) is 9.53 Å². The summed E-state index contributed by atoms with van der Waals surface area (Å²) in [6, 6.07) is 1.75. The molecule has 1 aromatic rings. The largest absolute Gasteiger partial charge is 0.462 e. The zero-order valence-corrected chi connectivity index (χ0v) is 10.9. The number of nitrogens with zero attached hydrogens (tertiary/aromatic N) is 1. The maximum Gasteiger partial charge on any atom is 0.350 e. The number of hydrogen-bond acceptors (Lipinski definition) is 4. The minimum atomic E-state index is -0.386. The van der Waals surface area contributed by atoms with Gasteiger partial charge in [-0.1, -0.05) is 0 Å². The van der Waals surface area contributed by atoms with Crippen LogP contribution in [0.15, 0.2) is 11.4 Å². The lowest BCUT2D eigenvalue weighted by molar-refractivity contribution is -0.117. The molecule has 1 amide bonds. The molecule has 1 aromatic heterocycles. The summed E-state index contributed by atoms with van der Waals surface area (Å²) in [5.41, 5.74) is 0.613. The summed E-state index contributed by atoms with van der Waals surface area (Å²) in [4.78, 5) is 25.4. The van der Waals surface area contributed by atoms with E-state index in [2.05, 4.69) is 0 Å². The molecular weight excluding hydrogens is 262 g/mol. The molecule has 1 aliphatic heterocycles. The first-order valence-corrected chi connectivity index (χ1v) is 6.64. The van der Waals surface area contributed by atoms with Crippen molar-refractivity contribution < 1.29 is 14.3 Å². The van der Waals surface area contributed by atoms with Crippen LogP contribution in [0.4, 0.5) is 5.69 Å². The Balaban J connectivity index is 2.25. The number of carbonyl (C=O) groups is 2. The SMILES string of the molecule is CCOC(=O)c1sccc1N1CC(Cl)CC1=O. The number of hydrogen-bond donors (Lipinski definition) is 0. The summed E-state index contributed by atoms with van der Waals surface area (Å²) >= 11 is 7.21. The van der Waals surface area contributed by atoms with E-state index in [4.69, 9.17) is 16.3 Å². The predicted molar refractivity (Wildman–Crippen MR) is 66.9 cm³/mol. The first kappa shape index (κ1) is 12.4. The fourth-order valence-corrected chi connectivity index (χ4v) is 2.82. The molecule has 0 aliphatic carbocycles. The summed E-state index contributed by atoms with van der Waals surface area (Å²) in [6.07, 6.45) is 0.319. The molecule has 4 nitrogen and oxygen atoms in total. The molecule has 1 atom stereocenters. The Bertz CT molecular complexity index is 446. The van der Waals surface area contributed by atoms with Crippen molar-refractivity contribution in [1.29, 1.82) is 0 Å². The van der Waals surface area contributed by atoms with Gasteiger partial charge in [0.25, 0.3) is 0 Å². The van der Waals surface area contributed by atoms with Crippen molar-refractivity contribution in [1.82, 2.24) is 0 Å². The van der Waals surface area contributed by atoms with Crippen LogP contribution in [0.5, 0.6) is 0 Å². The Labute approximate surface area is 108 Å². The van der Waals surface area contributed by atoms with Gasteiger partial charge in [0, 0.05) is 13.0 Å². The molecule has 0 saturated carbocycles. The average molecular weight is 274 g/mol. The second-order valence-electron chi connectivity index (χ2n) is 3.66. The lowest BCUT2D eigenvalue weighted by atomic mass is 10.3. The molecule has 0 spiro atoms. The van der Waals surface area contributed by atoms with Crippen molar-refractivity contribution in [2.45, 2.75) is 18.7 Å². The molecule has 2 rings (SSSR count). The van der Waals surface area contributed by atoms with E-state index in [1.54, 1.807) is 23.3 Å². The molecule has 0 bridgehead atoms. The van der Waals surface area contributed by atoms with Gasteiger partial charge < -0.3 is 9.64 Å². The Kier molecular flexibility index (Phi) is 3.69. The van der Waals surface area contributed by atoms with E-state index in [0.717, 1.165) is 0 Å². The van der Waals surface area contributed by atoms with Gasteiger partial charge in [-0.15, -0.1) is 22.9 Å². The number of ether oxygens (including phenoxy) is 1. The summed E-state index contributed by atoms with van der Waals surface area (Å²) in [7, 11) is 0. The van der Waals surface area contributed by atoms with Crippen LogP contribution in [0.3, 0.4) is 0 Å². The molecule has 1 fully saturated rings. The third-order valence-electron chi connectivity index (χ3n) is 2.47. The zero-order valence-electron chi connectivity index (χ0n) is 9.31. The maximum atomic E-state index is 11.7. The van der Waals surface area contributed by atoms with Crippen molar-refractivity contribution in [3.05, 3.63) is 16.3 Å². The molecule has 0 aromatic carbocycles. The number of halogens is 1. The molecule has 0 N–H and O–H groups in total. The quantitative estimate of drug-likeness (QED) is 0.627. The summed E-state index contributed by atoms with van der Waals surface area (Å²) in [5.74, 6) is -0.433. The highest BCUT2D eigenvalue weighted by Gasteiger charge is 2.32. The number of anilines is 1. The molecule has 1 unspecified atom stereocenters. The standard InChI is InChI=1S/C11H12ClNO3S/c1-2-16-11(15)10-8(3-4-17-10)13-6-7(12)5-9(13)14/h3-4,7H,2,5-6H2,1H3. The highest BCUT2D eigenvalue weighted by Crippen LogP contribution is 2.31. The van der Waals surface area contributed by atoms with E-state index in [1.165, 1.54) is 11.3 Å². The van der Waals surface area contributed by atoms with E-state index in [9.17, 15) is 9.59 Å². The molecule has 6 heteroatoms. The third kappa shape index (κ3) is 2.45. The number of rotatable bonds is 3. The second-order valence-corrected chi connectivity index (χ2v) is 5.19. The van der Waals surface area contributed by atoms with E-state index in [-0.39, 0.29) is 17.3 Å². The van der Waals surface area contributed by atoms with Gasteiger partial charge in [0.05, 0.1) is 17.7 Å². The normalized spacial score (nSPS) is 19.8. The first-order chi connectivity index (χ1) is 8.13. The zero-order chi connectivity index (χ0) is 12.4. The fraction of sp³-hybridized carbons (Fsp3) is 0.455. The summed E-state index contributed by atoms with van der Waals surface area (Å²) in [6.45, 7) is 2.52. The van der Waals surface area contributed by atoms with Crippen LogP contribution in [0.1, 0.15) is 23.0 Å². The number of alkyl halides is 1. The van der Waals surface area contributed by atoms with Gasteiger partial charge in [-0.05, 0) is 18.4 Å². The number of thiophene rings is 1. The van der Waals surface area contributed by atoms with Crippen LogP contribution in [-0.4, -0.2) is 30.4 Å². The molecule has 92 valence electrons. The number of esters is 1. The van der Waals surface area contributed by atoms with Crippen LogP contribution in [0.2, 0.25) is 0 Å². The lowest BCUT2D eigenvalue weighted by Gasteiger charge is -2.15. The number of amides is 1. The van der Waals surface area contributed by atoms with Gasteiger partial charge in [-0.3, -0.25) is 4.79 Å². The van der Waals surface area contributed by atoms with Crippen molar-refractivity contribution in [2.75, 3.05) is 18.1 Å². The number of carbonyl (C=O) groups excluding carboxylic acids is 2. The second kappa shape index (κ2) is 5.06. The third-order valence-corrected chi connectivity index (χ3v) is 3.65. The van der Waals surface area contributed by atoms with E-state index in [1.807, 2.05) is 0 Å². The van der Waals surface area contributed by atoms with Gasteiger partial charge in [-0.2, -0.15) is 0 Å². The lowest BCUT2D eigenvalue weighted by Crippen LogP contribution is -2.25. The van der Waals surface area contributed by atoms with Gasteiger partial charge >= 0.3 is 5.97 Å². The molecular formula is C11H12ClNO3S. The topological polar surface area (TPSA) is 46.6 Å². The van der Waals surface area contributed by atoms with Crippen LogP contribution >= 0.6 is 22.9 Å². The van der Waals surface area contributed by atoms with Crippen LogP contribution < -0.4 is 4.90 Å². The van der Waals surface area contributed by atoms with Crippen molar-refractivity contribution in [3.8, 4) is 0 Å². The van der Waals surface area contributed by atoms with Gasteiger partial charge in [-0.25, -0.2) is 4.79 Å². The minimum Gasteiger partial charge on any atom is -0.462 e.